The SMILES string of the molecule is CCCCCCCCCCCCCCCCC(=O)OC1CC[C@@]2(C)C(=CCC3C2CC[C@@]2(C)C3CC[C@@H]2[C@H](C)CCCC(C)C)C1. The van der Waals surface area contributed by atoms with Gasteiger partial charge in [0.25, 0.3) is 0 Å². The average molecular weight is 639 g/mol. The van der Waals surface area contributed by atoms with Gasteiger partial charge >= 0.3 is 5.97 Å². The molecule has 0 amide bonds. The number of unbranched alkanes of at least 4 members (excludes halogenated alkanes) is 13. The van der Waals surface area contributed by atoms with Crippen molar-refractivity contribution >= 4 is 5.97 Å². The molecule has 4 rings (SSSR count). The van der Waals surface area contributed by atoms with Crippen molar-refractivity contribution in [2.24, 2.45) is 46.3 Å². The van der Waals surface area contributed by atoms with Gasteiger partial charge in [-0.1, -0.05) is 156 Å². The van der Waals surface area contributed by atoms with Gasteiger partial charge in [-0.05, 0) is 97.7 Å². The fourth-order valence-electron chi connectivity index (χ4n) is 11.5. The second-order valence-corrected chi connectivity index (χ2v) is 18.0. The van der Waals surface area contributed by atoms with Gasteiger partial charge in [0.05, 0.1) is 0 Å². The zero-order chi connectivity index (χ0) is 33.0. The molecule has 0 aromatic heterocycles. The molecule has 4 aliphatic rings. The molecule has 0 heterocycles. The Bertz CT molecular complexity index is 919. The molecule has 0 radical (unpaired) electrons. The molecule has 3 saturated carbocycles. The molecule has 2 heteroatoms. The van der Waals surface area contributed by atoms with E-state index in [-0.39, 0.29) is 12.1 Å². The number of carbonyl (C=O) groups is 1. The van der Waals surface area contributed by atoms with Crippen LogP contribution in [0.3, 0.4) is 0 Å². The third-order valence-electron chi connectivity index (χ3n) is 14.3. The van der Waals surface area contributed by atoms with Crippen LogP contribution in [0.5, 0.6) is 0 Å². The lowest BCUT2D eigenvalue weighted by atomic mass is 9.47. The van der Waals surface area contributed by atoms with Gasteiger partial charge in [0.1, 0.15) is 6.10 Å². The lowest BCUT2D eigenvalue weighted by molar-refractivity contribution is -0.151. The molecule has 0 saturated heterocycles. The summed E-state index contributed by atoms with van der Waals surface area (Å²) in [6.45, 7) is 15.0. The van der Waals surface area contributed by atoms with Gasteiger partial charge in [-0.25, -0.2) is 0 Å². The number of hydrogen-bond donors (Lipinski definition) is 0. The van der Waals surface area contributed by atoms with Crippen molar-refractivity contribution in [2.45, 2.75) is 215 Å². The molecule has 0 aromatic rings. The minimum absolute atomic E-state index is 0.0646. The number of hydrogen-bond acceptors (Lipinski definition) is 2. The molecule has 2 nitrogen and oxygen atoms in total. The van der Waals surface area contributed by atoms with Gasteiger partial charge in [0, 0.05) is 12.8 Å². The number of fused-ring (bicyclic) bond motifs is 5. The summed E-state index contributed by atoms with van der Waals surface area (Å²) in [7, 11) is 0. The Morgan fingerprint density at radius 1 is 0.761 bits per heavy atom. The number of ether oxygens (including phenoxy) is 1. The average Bonchev–Trinajstić information content (AvgIpc) is 3.38. The van der Waals surface area contributed by atoms with Gasteiger partial charge in [-0.15, -0.1) is 0 Å². The lowest BCUT2D eigenvalue weighted by Gasteiger charge is -2.58. The number of rotatable bonds is 21. The smallest absolute Gasteiger partial charge is 0.306 e. The first-order valence-corrected chi connectivity index (χ1v) is 21.1. The third-order valence-corrected chi connectivity index (χ3v) is 14.3. The Morgan fingerprint density at radius 2 is 1.39 bits per heavy atom. The topological polar surface area (TPSA) is 26.3 Å². The summed E-state index contributed by atoms with van der Waals surface area (Å²) in [5, 5.41) is 0. The molecule has 0 bridgehead atoms. The Hall–Kier alpha value is -0.790. The first-order chi connectivity index (χ1) is 22.2. The predicted molar refractivity (Wildman–Crippen MR) is 198 cm³/mol. The van der Waals surface area contributed by atoms with E-state index in [0.717, 1.165) is 54.8 Å². The summed E-state index contributed by atoms with van der Waals surface area (Å²) in [6.07, 6.45) is 36.9. The first kappa shape index (κ1) is 38.0. The highest BCUT2D eigenvalue weighted by atomic mass is 16.5. The van der Waals surface area contributed by atoms with E-state index in [4.69, 9.17) is 4.74 Å². The molecule has 4 aliphatic carbocycles. The summed E-state index contributed by atoms with van der Waals surface area (Å²) in [6, 6.07) is 0. The van der Waals surface area contributed by atoms with Crippen LogP contribution < -0.4 is 0 Å². The van der Waals surface area contributed by atoms with E-state index in [9.17, 15) is 4.79 Å². The van der Waals surface area contributed by atoms with Crippen molar-refractivity contribution in [2.75, 3.05) is 0 Å². The Kier molecular flexibility index (Phi) is 15.6. The van der Waals surface area contributed by atoms with Crippen molar-refractivity contribution in [3.05, 3.63) is 11.6 Å². The van der Waals surface area contributed by atoms with E-state index in [1.54, 1.807) is 5.57 Å². The highest BCUT2D eigenvalue weighted by Gasteiger charge is 2.59. The normalized spacial score (nSPS) is 32.8. The Labute approximate surface area is 287 Å². The molecule has 4 unspecified atom stereocenters. The van der Waals surface area contributed by atoms with Crippen LogP contribution in [0.2, 0.25) is 0 Å². The fourth-order valence-corrected chi connectivity index (χ4v) is 11.5. The van der Waals surface area contributed by atoms with Gasteiger partial charge in [-0.3, -0.25) is 4.79 Å². The van der Waals surface area contributed by atoms with Crippen molar-refractivity contribution < 1.29 is 9.53 Å². The fraction of sp³-hybridized carbons (Fsp3) is 0.932. The van der Waals surface area contributed by atoms with Gasteiger partial charge in [-0.2, -0.15) is 0 Å². The maximum atomic E-state index is 12.8. The second-order valence-electron chi connectivity index (χ2n) is 18.0. The van der Waals surface area contributed by atoms with Crippen LogP contribution in [0.25, 0.3) is 0 Å². The largest absolute Gasteiger partial charge is 0.462 e. The summed E-state index contributed by atoms with van der Waals surface area (Å²) >= 11 is 0. The summed E-state index contributed by atoms with van der Waals surface area (Å²) in [5.41, 5.74) is 2.54. The number of allylic oxidation sites excluding steroid dienone is 1. The van der Waals surface area contributed by atoms with Gasteiger partial charge in [0.2, 0.25) is 0 Å². The summed E-state index contributed by atoms with van der Waals surface area (Å²) in [4.78, 5) is 12.8. The summed E-state index contributed by atoms with van der Waals surface area (Å²) in [5.74, 6) is 5.34. The Balaban J connectivity index is 1.12. The standard InChI is InChI=1S/C44H78O2/c1-7-8-9-10-11-12-13-14-15-16-17-18-19-20-24-42(45)46-37-29-31-43(5)36(33-37)25-26-38-40-28-27-39(35(4)23-21-22-34(2)3)44(40,6)32-30-41(38)43/h25,34-35,37-41H,7-24,26-33H2,1-6H3/t35-,37?,38?,39-,40?,41?,43+,44-/m1/s1. The van der Waals surface area contributed by atoms with Crippen molar-refractivity contribution in [1.29, 1.82) is 0 Å². The lowest BCUT2D eigenvalue weighted by Crippen LogP contribution is -2.51. The van der Waals surface area contributed by atoms with Crippen LogP contribution in [0.4, 0.5) is 0 Å². The van der Waals surface area contributed by atoms with E-state index in [2.05, 4.69) is 47.6 Å². The highest BCUT2D eigenvalue weighted by molar-refractivity contribution is 5.69. The highest BCUT2D eigenvalue weighted by Crippen LogP contribution is 2.67. The number of carbonyl (C=O) groups excluding carboxylic acids is 1. The van der Waals surface area contributed by atoms with E-state index in [1.807, 2.05) is 0 Å². The van der Waals surface area contributed by atoms with Crippen LogP contribution in [0.1, 0.15) is 208 Å². The third kappa shape index (κ3) is 10.1. The maximum absolute atomic E-state index is 12.8. The molecule has 8 atom stereocenters. The second kappa shape index (κ2) is 18.8. The van der Waals surface area contributed by atoms with Crippen LogP contribution in [0.15, 0.2) is 11.6 Å². The van der Waals surface area contributed by atoms with Gasteiger partial charge in [0.15, 0.2) is 0 Å². The van der Waals surface area contributed by atoms with Crippen LogP contribution in [0, 0.1) is 46.3 Å². The van der Waals surface area contributed by atoms with Crippen molar-refractivity contribution in [3.8, 4) is 0 Å². The summed E-state index contributed by atoms with van der Waals surface area (Å²) < 4.78 is 6.13. The molecule has 266 valence electrons. The molecule has 0 spiro atoms. The quantitative estimate of drug-likeness (QED) is 0.0710. The van der Waals surface area contributed by atoms with Crippen LogP contribution >= 0.6 is 0 Å². The van der Waals surface area contributed by atoms with Crippen molar-refractivity contribution in [1.82, 2.24) is 0 Å². The zero-order valence-corrected chi connectivity index (χ0v) is 31.8. The monoisotopic (exact) mass is 639 g/mol. The van der Waals surface area contributed by atoms with Crippen LogP contribution in [-0.4, -0.2) is 12.1 Å². The van der Waals surface area contributed by atoms with Crippen molar-refractivity contribution in [3.63, 3.8) is 0 Å². The molecule has 0 aromatic carbocycles. The minimum atomic E-state index is 0.0646. The van der Waals surface area contributed by atoms with E-state index in [1.165, 1.54) is 141 Å². The van der Waals surface area contributed by atoms with E-state index in [0.29, 0.717) is 17.3 Å². The predicted octanol–water partition coefficient (Wildman–Crippen LogP) is 13.8. The first-order valence-electron chi connectivity index (χ1n) is 21.1. The van der Waals surface area contributed by atoms with Gasteiger partial charge < -0.3 is 4.74 Å². The van der Waals surface area contributed by atoms with E-state index >= 15 is 0 Å². The van der Waals surface area contributed by atoms with Crippen LogP contribution in [-0.2, 0) is 9.53 Å². The zero-order valence-electron chi connectivity index (χ0n) is 31.8. The maximum Gasteiger partial charge on any atom is 0.306 e. The molecule has 46 heavy (non-hydrogen) atoms. The van der Waals surface area contributed by atoms with E-state index < -0.39 is 0 Å². The molecule has 0 aliphatic heterocycles. The molecular formula is C44H78O2. The number of esters is 1. The minimum Gasteiger partial charge on any atom is -0.462 e. The molecular weight excluding hydrogens is 560 g/mol. The Morgan fingerprint density at radius 3 is 2.02 bits per heavy atom. The molecule has 3 fully saturated rings. The molecule has 0 N–H and O–H groups in total.